The van der Waals surface area contributed by atoms with Crippen LogP contribution >= 0.6 is 0 Å². The number of Topliss-reactive ketones (excluding diaryl/α,β-unsaturated/α-hetero) is 1. The number of carbonyl (C=O) groups is 2. The second kappa shape index (κ2) is 9.91. The van der Waals surface area contributed by atoms with E-state index in [9.17, 15) is 18.4 Å². The number of nitrogens with zero attached hydrogens (tertiary/aromatic N) is 3. The third-order valence-corrected chi connectivity index (χ3v) is 6.06. The Balaban J connectivity index is 1.38. The molecule has 0 spiro atoms. The van der Waals surface area contributed by atoms with E-state index in [2.05, 4.69) is 20.9 Å². The summed E-state index contributed by atoms with van der Waals surface area (Å²) in [7, 11) is 1.67. The fourth-order valence-electron chi connectivity index (χ4n) is 4.09. The highest BCUT2D eigenvalue weighted by Gasteiger charge is 2.44. The molecule has 1 fully saturated rings. The van der Waals surface area contributed by atoms with Crippen LogP contribution in [0.5, 0.6) is 0 Å². The Morgan fingerprint density at radius 3 is 2.54 bits per heavy atom. The van der Waals surface area contributed by atoms with Gasteiger partial charge in [0.1, 0.15) is 5.69 Å². The van der Waals surface area contributed by atoms with Gasteiger partial charge < -0.3 is 15.4 Å². The van der Waals surface area contributed by atoms with Gasteiger partial charge in [0.2, 0.25) is 5.91 Å². The van der Waals surface area contributed by atoms with Crippen LogP contribution in [0.2, 0.25) is 0 Å². The van der Waals surface area contributed by atoms with E-state index in [1.54, 1.807) is 49.5 Å². The summed E-state index contributed by atoms with van der Waals surface area (Å²) < 4.78 is 34.7. The number of aromatic nitrogens is 3. The first-order valence-electron chi connectivity index (χ1n) is 11.3. The molecule has 0 aliphatic carbocycles. The zero-order valence-electron chi connectivity index (χ0n) is 19.6. The van der Waals surface area contributed by atoms with Crippen LogP contribution in [0.3, 0.4) is 0 Å². The lowest BCUT2D eigenvalue weighted by atomic mass is 9.80. The minimum Gasteiger partial charge on any atom is -0.380 e. The first-order valence-corrected chi connectivity index (χ1v) is 11.3. The van der Waals surface area contributed by atoms with Gasteiger partial charge in [-0.2, -0.15) is 0 Å². The molecule has 2 heterocycles. The van der Waals surface area contributed by atoms with E-state index >= 15 is 0 Å². The zero-order chi connectivity index (χ0) is 25.1. The molecular weight excluding hydrogens is 456 g/mol. The van der Waals surface area contributed by atoms with Crippen molar-refractivity contribution >= 4 is 23.1 Å². The largest absolute Gasteiger partial charge is 0.380 e. The van der Waals surface area contributed by atoms with Crippen molar-refractivity contribution in [3.05, 3.63) is 71.5 Å². The van der Waals surface area contributed by atoms with Crippen LogP contribution < -0.4 is 10.6 Å². The molecule has 3 aromatic rings. The summed E-state index contributed by atoms with van der Waals surface area (Å²) in [6.07, 6.45) is 1.95. The summed E-state index contributed by atoms with van der Waals surface area (Å²) >= 11 is 0. The lowest BCUT2D eigenvalue weighted by Crippen LogP contribution is -2.42. The molecule has 1 aromatic heterocycles. The quantitative estimate of drug-likeness (QED) is 0.447. The van der Waals surface area contributed by atoms with Gasteiger partial charge in [0, 0.05) is 50.5 Å². The lowest BCUT2D eigenvalue weighted by Gasteiger charge is -2.25. The molecule has 1 atom stereocenters. The Morgan fingerprint density at radius 2 is 1.91 bits per heavy atom. The molecule has 184 valence electrons. The van der Waals surface area contributed by atoms with E-state index in [4.69, 9.17) is 4.74 Å². The van der Waals surface area contributed by atoms with E-state index in [0.29, 0.717) is 24.4 Å². The maximum Gasteiger partial charge on any atom is 0.272 e. The molecule has 0 unspecified atom stereocenters. The molecular formula is C25H27F2N5O3. The molecule has 1 aliphatic rings. The Labute approximate surface area is 201 Å². The normalized spacial score (nSPS) is 17.8. The Morgan fingerprint density at radius 1 is 1.17 bits per heavy atom. The first kappa shape index (κ1) is 24.5. The monoisotopic (exact) mass is 483 g/mol. The van der Waals surface area contributed by atoms with Crippen LogP contribution in [0, 0.1) is 5.41 Å². The maximum absolute atomic E-state index is 13.9. The Bertz CT molecular complexity index is 1200. The fraction of sp³-hybridized carbons (Fsp3) is 0.360. The summed E-state index contributed by atoms with van der Waals surface area (Å²) in [5, 5.41) is 13.6. The molecule has 8 nitrogen and oxygen atoms in total. The van der Waals surface area contributed by atoms with Crippen LogP contribution in [-0.2, 0) is 29.0 Å². The molecule has 2 aromatic carbocycles. The van der Waals surface area contributed by atoms with Gasteiger partial charge in [-0.15, -0.1) is 5.10 Å². The summed E-state index contributed by atoms with van der Waals surface area (Å²) in [4.78, 5) is 25.8. The average molecular weight is 484 g/mol. The molecule has 35 heavy (non-hydrogen) atoms. The number of aryl methyl sites for hydroxylation is 1. The molecule has 1 aliphatic heterocycles. The predicted molar refractivity (Wildman–Crippen MR) is 125 cm³/mol. The lowest BCUT2D eigenvalue weighted by molar-refractivity contribution is -0.131. The molecule has 1 amide bonds. The van der Waals surface area contributed by atoms with Crippen molar-refractivity contribution < 1.29 is 23.1 Å². The third-order valence-electron chi connectivity index (χ3n) is 6.06. The van der Waals surface area contributed by atoms with Gasteiger partial charge in [-0.1, -0.05) is 35.5 Å². The number of para-hydroxylation sites is 1. The number of halogens is 2. The number of ether oxygens (including phenoxy) is 1. The SMILES string of the molecule is Cn1cc(C(=O)C[C@@]2(C(=O)NCc3ccc(Nc4ccccc4C(C)(F)F)cc3)CCOC2)nn1. The van der Waals surface area contributed by atoms with Crippen molar-refractivity contribution in [1.29, 1.82) is 0 Å². The predicted octanol–water partition coefficient (Wildman–Crippen LogP) is 3.97. The first-order chi connectivity index (χ1) is 16.7. The molecule has 2 N–H and O–H groups in total. The molecule has 10 heteroatoms. The van der Waals surface area contributed by atoms with Crippen molar-refractivity contribution in [3.8, 4) is 0 Å². The van der Waals surface area contributed by atoms with Crippen LogP contribution in [0.25, 0.3) is 0 Å². The van der Waals surface area contributed by atoms with Gasteiger partial charge in [0.05, 0.1) is 18.2 Å². The number of rotatable bonds is 9. The summed E-state index contributed by atoms with van der Waals surface area (Å²) in [6.45, 7) is 1.68. The summed E-state index contributed by atoms with van der Waals surface area (Å²) in [5.41, 5.74) is 0.982. The van der Waals surface area contributed by atoms with Crippen molar-refractivity contribution in [2.24, 2.45) is 12.5 Å². The van der Waals surface area contributed by atoms with Gasteiger partial charge in [0.15, 0.2) is 5.78 Å². The van der Waals surface area contributed by atoms with E-state index in [1.165, 1.54) is 16.9 Å². The minimum absolute atomic E-state index is 0.0120. The number of alkyl halides is 2. The number of nitrogens with one attached hydrogen (secondary N) is 2. The zero-order valence-corrected chi connectivity index (χ0v) is 19.6. The van der Waals surface area contributed by atoms with Crippen LogP contribution in [0.15, 0.2) is 54.7 Å². The van der Waals surface area contributed by atoms with Crippen molar-refractivity contribution in [3.63, 3.8) is 0 Å². The van der Waals surface area contributed by atoms with Gasteiger partial charge in [-0.05, 0) is 30.2 Å². The Hall–Kier alpha value is -3.66. The number of benzene rings is 2. The van der Waals surface area contributed by atoms with Crippen molar-refractivity contribution in [2.75, 3.05) is 18.5 Å². The second-order valence-corrected chi connectivity index (χ2v) is 8.90. The highest BCUT2D eigenvalue weighted by atomic mass is 19.3. The van der Waals surface area contributed by atoms with Gasteiger partial charge in [-0.3, -0.25) is 14.3 Å². The number of ketones is 1. The molecule has 0 bridgehead atoms. The number of hydrogen-bond acceptors (Lipinski definition) is 6. The highest BCUT2D eigenvalue weighted by molar-refractivity contribution is 5.98. The van der Waals surface area contributed by atoms with Gasteiger partial charge in [0.25, 0.3) is 5.92 Å². The molecule has 1 saturated heterocycles. The molecule has 4 rings (SSSR count). The second-order valence-electron chi connectivity index (χ2n) is 8.90. The Kier molecular flexibility index (Phi) is 6.93. The van der Waals surface area contributed by atoms with Crippen molar-refractivity contribution in [2.45, 2.75) is 32.2 Å². The van der Waals surface area contributed by atoms with E-state index in [1.807, 2.05) is 0 Å². The third kappa shape index (κ3) is 5.71. The highest BCUT2D eigenvalue weighted by Crippen LogP contribution is 2.35. The number of hydrogen-bond donors (Lipinski definition) is 2. The van der Waals surface area contributed by atoms with Crippen LogP contribution in [0.4, 0.5) is 20.2 Å². The minimum atomic E-state index is -2.97. The van der Waals surface area contributed by atoms with E-state index in [-0.39, 0.29) is 42.5 Å². The maximum atomic E-state index is 13.9. The van der Waals surface area contributed by atoms with Crippen LogP contribution in [0.1, 0.15) is 41.4 Å². The summed E-state index contributed by atoms with van der Waals surface area (Å²) in [5.74, 6) is -3.48. The molecule has 0 radical (unpaired) electrons. The smallest absolute Gasteiger partial charge is 0.272 e. The number of carbonyl (C=O) groups excluding carboxylic acids is 2. The van der Waals surface area contributed by atoms with Gasteiger partial charge >= 0.3 is 0 Å². The standard InChI is InChI=1S/C25H27F2N5O3/c1-24(26,27)19-5-3-4-6-20(19)29-18-9-7-17(8-10-18)14-28-23(34)25(11-12-35-16-25)13-22(33)21-15-32(2)31-30-21/h3-10,15,29H,11-14,16H2,1-2H3,(H,28,34)/t25-/m0/s1. The van der Waals surface area contributed by atoms with E-state index in [0.717, 1.165) is 12.5 Å². The number of amides is 1. The number of anilines is 2. The average Bonchev–Trinajstić information content (AvgIpc) is 3.48. The van der Waals surface area contributed by atoms with Crippen molar-refractivity contribution in [1.82, 2.24) is 20.3 Å². The topological polar surface area (TPSA) is 98.1 Å². The molecule has 0 saturated carbocycles. The van der Waals surface area contributed by atoms with Crippen LogP contribution in [-0.4, -0.2) is 39.9 Å². The van der Waals surface area contributed by atoms with E-state index < -0.39 is 11.3 Å². The van der Waals surface area contributed by atoms with Gasteiger partial charge in [-0.25, -0.2) is 8.78 Å². The fourth-order valence-corrected chi connectivity index (χ4v) is 4.09. The summed E-state index contributed by atoms with van der Waals surface area (Å²) in [6, 6.07) is 13.4.